The van der Waals surface area contributed by atoms with Crippen molar-refractivity contribution in [1.29, 1.82) is 0 Å². The van der Waals surface area contributed by atoms with Crippen molar-refractivity contribution >= 4 is 34.3 Å². The van der Waals surface area contributed by atoms with Gasteiger partial charge in [-0.1, -0.05) is 36.4 Å². The summed E-state index contributed by atoms with van der Waals surface area (Å²) < 4.78 is 0. The predicted octanol–water partition coefficient (Wildman–Crippen LogP) is 7.14. The van der Waals surface area contributed by atoms with E-state index in [1.54, 1.807) is 0 Å². The summed E-state index contributed by atoms with van der Waals surface area (Å²) in [5.41, 5.74) is 8.74. The summed E-state index contributed by atoms with van der Waals surface area (Å²) in [7, 11) is 0. The summed E-state index contributed by atoms with van der Waals surface area (Å²) in [5, 5.41) is 6.82. The SMILES string of the molecule is Cc1ccc(Nc2ccc(Nc3ccc(C)c(C)c3)c3c2C(=O)C2C=CC=CC2C3=O)cc1C. The lowest BCUT2D eigenvalue weighted by Crippen LogP contribution is -2.36. The van der Waals surface area contributed by atoms with E-state index in [0.717, 1.165) is 22.5 Å². The Kier molecular flexibility index (Phi) is 5.45. The Morgan fingerprint density at radius 2 is 0.971 bits per heavy atom. The maximum absolute atomic E-state index is 13.7. The van der Waals surface area contributed by atoms with Gasteiger partial charge in [-0.3, -0.25) is 9.59 Å². The fraction of sp³-hybridized carbons (Fsp3) is 0.200. The number of hydrogen-bond donors (Lipinski definition) is 2. The number of carbonyl (C=O) groups is 2. The van der Waals surface area contributed by atoms with Crippen LogP contribution in [0, 0.1) is 39.5 Å². The highest BCUT2D eigenvalue weighted by atomic mass is 16.1. The first-order chi connectivity index (χ1) is 16.3. The zero-order chi connectivity index (χ0) is 24.0. The summed E-state index contributed by atoms with van der Waals surface area (Å²) in [6, 6.07) is 16.0. The van der Waals surface area contributed by atoms with Crippen molar-refractivity contribution in [2.75, 3.05) is 10.6 Å². The van der Waals surface area contributed by atoms with E-state index in [0.29, 0.717) is 22.5 Å². The van der Waals surface area contributed by atoms with Gasteiger partial charge in [0.25, 0.3) is 0 Å². The fourth-order valence-corrected chi connectivity index (χ4v) is 4.71. The molecule has 4 heteroatoms. The molecule has 2 aliphatic rings. The van der Waals surface area contributed by atoms with Gasteiger partial charge in [0, 0.05) is 11.4 Å². The van der Waals surface area contributed by atoms with Gasteiger partial charge < -0.3 is 10.6 Å². The highest BCUT2D eigenvalue weighted by molar-refractivity contribution is 6.22. The molecule has 0 bridgehead atoms. The Balaban J connectivity index is 1.64. The van der Waals surface area contributed by atoms with Gasteiger partial charge in [-0.05, 0) is 86.3 Å². The second kappa shape index (κ2) is 8.45. The van der Waals surface area contributed by atoms with Gasteiger partial charge in [-0.15, -0.1) is 0 Å². The first-order valence-corrected chi connectivity index (χ1v) is 11.6. The maximum Gasteiger partial charge on any atom is 0.173 e. The number of rotatable bonds is 4. The van der Waals surface area contributed by atoms with E-state index in [1.165, 1.54) is 11.1 Å². The first kappa shape index (κ1) is 21.9. The number of ketones is 2. The third-order valence-electron chi connectivity index (χ3n) is 7.01. The second-order valence-electron chi connectivity index (χ2n) is 9.31. The molecular formula is C30H28N2O2. The molecule has 0 spiro atoms. The third kappa shape index (κ3) is 3.75. The van der Waals surface area contributed by atoms with E-state index in [2.05, 4.69) is 62.6 Å². The molecule has 2 unspecified atom stereocenters. The minimum Gasteiger partial charge on any atom is -0.355 e. The van der Waals surface area contributed by atoms with Crippen LogP contribution in [0.5, 0.6) is 0 Å². The number of anilines is 4. The van der Waals surface area contributed by atoms with Gasteiger partial charge >= 0.3 is 0 Å². The number of Topliss-reactive ketones (excluding diaryl/α,β-unsaturated/α-hetero) is 2. The molecule has 0 aromatic heterocycles. The molecular weight excluding hydrogens is 420 g/mol. The largest absolute Gasteiger partial charge is 0.355 e. The van der Waals surface area contributed by atoms with Crippen LogP contribution in [0.1, 0.15) is 43.0 Å². The molecule has 3 aromatic carbocycles. The standard InChI is InChI=1S/C30H28N2O2/c1-17-9-11-21(15-19(17)3)31-25-13-14-26(32-22-12-10-18(2)20(4)16-22)28-27(25)29(33)23-7-5-6-8-24(23)30(28)34/h5-16,23-24,31-32H,1-4H3. The summed E-state index contributed by atoms with van der Waals surface area (Å²) >= 11 is 0. The summed E-state index contributed by atoms with van der Waals surface area (Å²) in [6.45, 7) is 8.26. The highest BCUT2D eigenvalue weighted by Crippen LogP contribution is 2.42. The minimum absolute atomic E-state index is 0.0322. The van der Waals surface area contributed by atoms with Gasteiger partial charge in [0.1, 0.15) is 0 Å². The van der Waals surface area contributed by atoms with Gasteiger partial charge in [0.2, 0.25) is 0 Å². The lowest BCUT2D eigenvalue weighted by molar-refractivity contribution is 0.0803. The van der Waals surface area contributed by atoms with Crippen LogP contribution in [0.2, 0.25) is 0 Å². The van der Waals surface area contributed by atoms with E-state index >= 15 is 0 Å². The third-order valence-corrected chi connectivity index (χ3v) is 7.01. The highest BCUT2D eigenvalue weighted by Gasteiger charge is 2.42. The van der Waals surface area contributed by atoms with E-state index in [-0.39, 0.29) is 11.6 Å². The average Bonchev–Trinajstić information content (AvgIpc) is 2.83. The van der Waals surface area contributed by atoms with E-state index in [1.807, 2.05) is 48.6 Å². The number of aryl methyl sites for hydroxylation is 4. The van der Waals surface area contributed by atoms with Gasteiger partial charge in [0.15, 0.2) is 11.6 Å². The molecule has 170 valence electrons. The van der Waals surface area contributed by atoms with Crippen molar-refractivity contribution in [3.63, 3.8) is 0 Å². The summed E-state index contributed by atoms with van der Waals surface area (Å²) in [6.07, 6.45) is 7.39. The molecule has 0 radical (unpaired) electrons. The minimum atomic E-state index is -0.470. The molecule has 0 aliphatic heterocycles. The van der Waals surface area contributed by atoms with Crippen molar-refractivity contribution < 1.29 is 9.59 Å². The quantitative estimate of drug-likeness (QED) is 0.445. The van der Waals surface area contributed by atoms with Crippen molar-refractivity contribution in [1.82, 2.24) is 0 Å². The maximum atomic E-state index is 13.7. The Morgan fingerprint density at radius 3 is 1.35 bits per heavy atom. The van der Waals surface area contributed by atoms with Crippen LogP contribution in [0.25, 0.3) is 0 Å². The molecule has 2 atom stereocenters. The number of hydrogen-bond acceptors (Lipinski definition) is 4. The van der Waals surface area contributed by atoms with Crippen LogP contribution >= 0.6 is 0 Å². The number of fused-ring (bicyclic) bond motifs is 2. The zero-order valence-electron chi connectivity index (χ0n) is 19.9. The van der Waals surface area contributed by atoms with Crippen molar-refractivity contribution in [3.8, 4) is 0 Å². The van der Waals surface area contributed by atoms with Crippen molar-refractivity contribution in [2.45, 2.75) is 27.7 Å². The lowest BCUT2D eigenvalue weighted by Gasteiger charge is -2.31. The number of allylic oxidation sites excluding steroid dienone is 4. The summed E-state index contributed by atoms with van der Waals surface area (Å²) in [5.74, 6) is -1.00. The zero-order valence-corrected chi connectivity index (χ0v) is 19.9. The lowest BCUT2D eigenvalue weighted by atomic mass is 9.71. The monoisotopic (exact) mass is 448 g/mol. The van der Waals surface area contributed by atoms with E-state index in [9.17, 15) is 9.59 Å². The topological polar surface area (TPSA) is 58.2 Å². The molecule has 3 aromatic rings. The van der Waals surface area contributed by atoms with Crippen LogP contribution in [0.4, 0.5) is 22.7 Å². The Bertz CT molecular complexity index is 1290. The van der Waals surface area contributed by atoms with Crippen LogP contribution in [-0.2, 0) is 0 Å². The van der Waals surface area contributed by atoms with Gasteiger partial charge in [-0.2, -0.15) is 0 Å². The number of benzene rings is 3. The number of nitrogens with one attached hydrogen (secondary N) is 2. The molecule has 34 heavy (non-hydrogen) atoms. The van der Waals surface area contributed by atoms with Crippen LogP contribution < -0.4 is 10.6 Å². The smallest absolute Gasteiger partial charge is 0.173 e. The molecule has 0 saturated carbocycles. The average molecular weight is 449 g/mol. The molecule has 2 N–H and O–H groups in total. The van der Waals surface area contributed by atoms with Gasteiger partial charge in [-0.25, -0.2) is 0 Å². The Labute approximate surface area is 200 Å². The van der Waals surface area contributed by atoms with E-state index < -0.39 is 11.8 Å². The normalized spacial score (nSPS) is 18.5. The summed E-state index contributed by atoms with van der Waals surface area (Å²) in [4.78, 5) is 27.5. The number of carbonyl (C=O) groups excluding carboxylic acids is 2. The van der Waals surface area contributed by atoms with Crippen molar-refractivity contribution in [3.05, 3.63) is 106 Å². The van der Waals surface area contributed by atoms with Crippen LogP contribution in [-0.4, -0.2) is 11.6 Å². The van der Waals surface area contributed by atoms with Gasteiger partial charge in [0.05, 0.1) is 34.3 Å². The van der Waals surface area contributed by atoms with Crippen LogP contribution in [0.3, 0.4) is 0 Å². The molecule has 0 fully saturated rings. The van der Waals surface area contributed by atoms with Crippen molar-refractivity contribution in [2.24, 2.45) is 11.8 Å². The fourth-order valence-electron chi connectivity index (χ4n) is 4.71. The molecule has 0 amide bonds. The van der Waals surface area contributed by atoms with E-state index in [4.69, 9.17) is 0 Å². The molecule has 2 aliphatic carbocycles. The Hall–Kier alpha value is -3.92. The first-order valence-electron chi connectivity index (χ1n) is 11.6. The van der Waals surface area contributed by atoms with Crippen LogP contribution in [0.15, 0.2) is 72.8 Å². The molecule has 0 saturated heterocycles. The molecule has 5 rings (SSSR count). The molecule has 4 nitrogen and oxygen atoms in total. The molecule has 0 heterocycles. The predicted molar refractivity (Wildman–Crippen MR) is 139 cm³/mol. The Morgan fingerprint density at radius 1 is 0.559 bits per heavy atom. The second-order valence-corrected chi connectivity index (χ2v) is 9.31.